The molecule has 0 heterocycles. The van der Waals surface area contributed by atoms with Crippen molar-refractivity contribution < 1.29 is 14.8 Å². The van der Waals surface area contributed by atoms with Crippen LogP contribution >= 0.6 is 0 Å². The first-order valence-electron chi connectivity index (χ1n) is 5.25. The van der Waals surface area contributed by atoms with E-state index in [0.717, 1.165) is 6.07 Å². The summed E-state index contributed by atoms with van der Waals surface area (Å²) < 4.78 is 0. The lowest BCUT2D eigenvalue weighted by molar-refractivity contribution is -0.384. The van der Waals surface area contributed by atoms with Gasteiger partial charge in [-0.1, -0.05) is 17.3 Å². The molecule has 1 rings (SSSR count). The molecule has 0 aliphatic rings. The molecule has 98 valence electrons. The molecule has 1 aromatic carbocycles. The molecule has 19 heavy (non-hydrogen) atoms. The number of hydrogen-bond donors (Lipinski definition) is 1. The second kappa shape index (κ2) is 6.77. The summed E-state index contributed by atoms with van der Waals surface area (Å²) in [6, 6.07) is 3.61. The van der Waals surface area contributed by atoms with Crippen LogP contribution in [0, 0.1) is 10.1 Å². The minimum absolute atomic E-state index is 0.144. The van der Waals surface area contributed by atoms with Gasteiger partial charge in [0, 0.05) is 23.6 Å². The fraction of sp³-hybridized carbons (Fsp3) is 0.182. The summed E-state index contributed by atoms with van der Waals surface area (Å²) >= 11 is 0. The van der Waals surface area contributed by atoms with Gasteiger partial charge in [0.25, 0.3) is 5.69 Å². The van der Waals surface area contributed by atoms with E-state index >= 15 is 0 Å². The highest BCUT2D eigenvalue weighted by atomic mass is 16.6. The Hall–Kier alpha value is -2.86. The standard InChI is InChI=1S/C11H10N4O4/c12-14-13-6-2-1-3-8-4-5-9(15(18)19)7-10(8)11(16)17/h1,3-5,7H,2,6H2,(H,16,17). The largest absolute Gasteiger partial charge is 0.478 e. The van der Waals surface area contributed by atoms with Crippen LogP contribution in [0.15, 0.2) is 29.4 Å². The number of carboxylic acid groups (broad SMARTS) is 1. The van der Waals surface area contributed by atoms with Crippen molar-refractivity contribution in [3.8, 4) is 0 Å². The minimum atomic E-state index is -1.24. The first kappa shape index (κ1) is 14.2. The maximum absolute atomic E-state index is 11.0. The molecule has 0 aliphatic carbocycles. The zero-order valence-electron chi connectivity index (χ0n) is 9.76. The summed E-state index contributed by atoms with van der Waals surface area (Å²) in [5.74, 6) is -1.24. The lowest BCUT2D eigenvalue weighted by Gasteiger charge is -2.01. The van der Waals surface area contributed by atoms with E-state index in [-0.39, 0.29) is 17.8 Å². The summed E-state index contributed by atoms with van der Waals surface area (Å²) in [5, 5.41) is 22.9. The molecule has 8 nitrogen and oxygen atoms in total. The number of aromatic carboxylic acids is 1. The molecule has 0 unspecified atom stereocenters. The molecule has 0 saturated heterocycles. The Labute approximate surface area is 107 Å². The van der Waals surface area contributed by atoms with Crippen LogP contribution in [-0.2, 0) is 0 Å². The Balaban J connectivity index is 2.97. The van der Waals surface area contributed by atoms with Gasteiger partial charge in [-0.25, -0.2) is 4.79 Å². The number of benzene rings is 1. The van der Waals surface area contributed by atoms with Crippen LogP contribution in [0.25, 0.3) is 16.5 Å². The fourth-order valence-corrected chi connectivity index (χ4v) is 1.38. The van der Waals surface area contributed by atoms with Crippen molar-refractivity contribution in [1.29, 1.82) is 0 Å². The van der Waals surface area contributed by atoms with Crippen molar-refractivity contribution >= 4 is 17.7 Å². The van der Waals surface area contributed by atoms with Crippen molar-refractivity contribution in [3.63, 3.8) is 0 Å². The molecular weight excluding hydrogens is 252 g/mol. The van der Waals surface area contributed by atoms with Gasteiger partial charge in [0.1, 0.15) is 0 Å². The van der Waals surface area contributed by atoms with Crippen LogP contribution in [0.2, 0.25) is 0 Å². The molecule has 0 aromatic heterocycles. The van der Waals surface area contributed by atoms with Crippen molar-refractivity contribution in [2.75, 3.05) is 6.54 Å². The Kier molecular flexibility index (Phi) is 5.06. The average Bonchev–Trinajstić information content (AvgIpc) is 2.38. The predicted octanol–water partition coefficient (Wildman–Crippen LogP) is 3.01. The Morgan fingerprint density at radius 2 is 2.32 bits per heavy atom. The SMILES string of the molecule is [N-]=[N+]=NCCC=Cc1ccc([N+](=O)[O-])cc1C(=O)O. The van der Waals surface area contributed by atoms with Gasteiger partial charge in [-0.2, -0.15) is 0 Å². The summed E-state index contributed by atoms with van der Waals surface area (Å²) in [6.45, 7) is 0.266. The quantitative estimate of drug-likeness (QED) is 0.211. The van der Waals surface area contributed by atoms with Crippen molar-refractivity contribution in [2.24, 2.45) is 5.11 Å². The Morgan fingerprint density at radius 1 is 1.58 bits per heavy atom. The first-order valence-corrected chi connectivity index (χ1v) is 5.25. The third-order valence-electron chi connectivity index (χ3n) is 2.23. The average molecular weight is 262 g/mol. The number of non-ortho nitro benzene ring substituents is 1. The highest BCUT2D eigenvalue weighted by molar-refractivity contribution is 5.93. The predicted molar refractivity (Wildman–Crippen MR) is 67.7 cm³/mol. The highest BCUT2D eigenvalue weighted by Gasteiger charge is 2.14. The number of nitro groups is 1. The van der Waals surface area contributed by atoms with Crippen LogP contribution in [0.1, 0.15) is 22.3 Å². The zero-order valence-corrected chi connectivity index (χ0v) is 9.76. The number of hydrogen-bond acceptors (Lipinski definition) is 4. The molecule has 1 aromatic rings. The maximum Gasteiger partial charge on any atom is 0.336 e. The smallest absolute Gasteiger partial charge is 0.336 e. The topological polar surface area (TPSA) is 129 Å². The molecule has 0 radical (unpaired) electrons. The Bertz CT molecular complexity index is 576. The molecular formula is C11H10N4O4. The van der Waals surface area contributed by atoms with Crippen LogP contribution in [-0.4, -0.2) is 22.5 Å². The number of nitrogens with zero attached hydrogens (tertiary/aromatic N) is 4. The van der Waals surface area contributed by atoms with E-state index in [4.69, 9.17) is 10.6 Å². The molecule has 0 spiro atoms. The van der Waals surface area contributed by atoms with E-state index in [9.17, 15) is 14.9 Å². The maximum atomic E-state index is 11.0. The molecule has 0 atom stereocenters. The molecule has 0 fully saturated rings. The Morgan fingerprint density at radius 3 is 2.89 bits per heavy atom. The van der Waals surface area contributed by atoms with Crippen molar-refractivity contribution in [2.45, 2.75) is 6.42 Å². The van der Waals surface area contributed by atoms with Gasteiger partial charge in [-0.15, -0.1) is 0 Å². The second-order valence-corrected chi connectivity index (χ2v) is 3.48. The highest BCUT2D eigenvalue weighted by Crippen LogP contribution is 2.19. The number of nitro benzene ring substituents is 1. The lowest BCUT2D eigenvalue weighted by Crippen LogP contribution is -2.01. The lowest BCUT2D eigenvalue weighted by atomic mass is 10.1. The summed E-state index contributed by atoms with van der Waals surface area (Å²) in [6.07, 6.45) is 3.63. The van der Waals surface area contributed by atoms with E-state index in [0.29, 0.717) is 12.0 Å². The molecule has 1 N–H and O–H groups in total. The third-order valence-corrected chi connectivity index (χ3v) is 2.23. The van der Waals surface area contributed by atoms with Gasteiger partial charge in [0.05, 0.1) is 10.5 Å². The van der Waals surface area contributed by atoms with Crippen LogP contribution in [0.4, 0.5) is 5.69 Å². The molecule has 0 aliphatic heterocycles. The second-order valence-electron chi connectivity index (χ2n) is 3.48. The third kappa shape index (κ3) is 4.14. The van der Waals surface area contributed by atoms with Crippen LogP contribution in [0.3, 0.4) is 0 Å². The summed E-state index contributed by atoms with van der Waals surface area (Å²) in [5.41, 5.74) is 8.02. The number of carboxylic acids is 1. The minimum Gasteiger partial charge on any atom is -0.478 e. The molecule has 0 amide bonds. The van der Waals surface area contributed by atoms with Crippen LogP contribution in [0.5, 0.6) is 0 Å². The first-order chi connectivity index (χ1) is 9.06. The number of rotatable bonds is 6. The zero-order chi connectivity index (χ0) is 14.3. The van der Waals surface area contributed by atoms with Gasteiger partial charge in [0.2, 0.25) is 0 Å². The number of carbonyl (C=O) groups is 1. The summed E-state index contributed by atoms with van der Waals surface area (Å²) in [4.78, 5) is 23.5. The van der Waals surface area contributed by atoms with E-state index in [1.54, 1.807) is 6.08 Å². The molecule has 0 bridgehead atoms. The monoisotopic (exact) mass is 262 g/mol. The number of azide groups is 1. The molecule has 8 heteroatoms. The van der Waals surface area contributed by atoms with Gasteiger partial charge < -0.3 is 5.11 Å². The van der Waals surface area contributed by atoms with Gasteiger partial charge in [-0.3, -0.25) is 10.1 Å². The van der Waals surface area contributed by atoms with E-state index in [2.05, 4.69) is 10.0 Å². The van der Waals surface area contributed by atoms with E-state index < -0.39 is 10.9 Å². The van der Waals surface area contributed by atoms with Gasteiger partial charge in [-0.05, 0) is 23.6 Å². The van der Waals surface area contributed by atoms with Crippen molar-refractivity contribution in [1.82, 2.24) is 0 Å². The van der Waals surface area contributed by atoms with Crippen LogP contribution < -0.4 is 0 Å². The fourth-order valence-electron chi connectivity index (χ4n) is 1.38. The van der Waals surface area contributed by atoms with Gasteiger partial charge >= 0.3 is 5.97 Å². The van der Waals surface area contributed by atoms with E-state index in [1.807, 2.05) is 0 Å². The van der Waals surface area contributed by atoms with Crippen molar-refractivity contribution in [3.05, 3.63) is 56.0 Å². The van der Waals surface area contributed by atoms with Gasteiger partial charge in [0.15, 0.2) is 0 Å². The summed E-state index contributed by atoms with van der Waals surface area (Å²) in [7, 11) is 0. The van der Waals surface area contributed by atoms with E-state index in [1.165, 1.54) is 18.2 Å². The normalized spacial score (nSPS) is 10.1. The molecule has 0 saturated carbocycles.